The van der Waals surface area contributed by atoms with Crippen LogP contribution < -0.4 is 4.72 Å². The summed E-state index contributed by atoms with van der Waals surface area (Å²) >= 11 is 1.57. The minimum atomic E-state index is -0.0516. The van der Waals surface area contributed by atoms with E-state index in [1.54, 1.807) is 11.9 Å². The van der Waals surface area contributed by atoms with Crippen LogP contribution in [0, 0.1) is 12.8 Å². The zero-order chi connectivity index (χ0) is 11.0. The quantitative estimate of drug-likeness (QED) is 0.739. The summed E-state index contributed by atoms with van der Waals surface area (Å²) in [6, 6.07) is 5.98. The molecule has 1 aliphatic heterocycles. The van der Waals surface area contributed by atoms with Gasteiger partial charge in [-0.1, -0.05) is 25.5 Å². The normalized spacial score (nSPS) is 20.5. The Bertz CT molecular complexity index is 401. The Balaban J connectivity index is 2.40. The van der Waals surface area contributed by atoms with Crippen molar-refractivity contribution < 1.29 is 4.79 Å². The van der Waals surface area contributed by atoms with Crippen molar-refractivity contribution in [2.75, 3.05) is 0 Å². The van der Waals surface area contributed by atoms with E-state index in [2.05, 4.69) is 18.6 Å². The summed E-state index contributed by atoms with van der Waals surface area (Å²) in [6.45, 7) is 6.15. The summed E-state index contributed by atoms with van der Waals surface area (Å²) in [5.74, 6) is 0.557. The summed E-state index contributed by atoms with van der Waals surface area (Å²) in [6.07, 6.45) is 0. The molecule has 0 amide bonds. The SMILES string of the molecule is Cc1ccc2c(c1)C(=O)C(C(C)C)NS2. The third-order valence-corrected chi connectivity index (χ3v) is 3.59. The number of benzene rings is 1. The van der Waals surface area contributed by atoms with Crippen molar-refractivity contribution >= 4 is 17.7 Å². The second-order valence-electron chi connectivity index (χ2n) is 4.31. The van der Waals surface area contributed by atoms with Crippen LogP contribution in [-0.4, -0.2) is 11.8 Å². The molecular weight excluding hydrogens is 206 g/mol. The Labute approximate surface area is 94.6 Å². The summed E-state index contributed by atoms with van der Waals surface area (Å²) in [5, 5.41) is 0. The first kappa shape index (κ1) is 10.7. The van der Waals surface area contributed by atoms with E-state index in [4.69, 9.17) is 0 Å². The summed E-state index contributed by atoms with van der Waals surface area (Å²) in [5.41, 5.74) is 2.02. The monoisotopic (exact) mass is 221 g/mol. The standard InChI is InChI=1S/C12H15NOS/c1-7(2)11-12(14)9-6-8(3)4-5-10(9)15-13-11/h4-7,11,13H,1-3H3. The third kappa shape index (κ3) is 1.94. The van der Waals surface area contributed by atoms with Gasteiger partial charge in [0.25, 0.3) is 0 Å². The van der Waals surface area contributed by atoms with E-state index in [9.17, 15) is 4.79 Å². The Hall–Kier alpha value is -0.800. The van der Waals surface area contributed by atoms with Crippen LogP contribution in [0.25, 0.3) is 0 Å². The predicted molar refractivity (Wildman–Crippen MR) is 63.1 cm³/mol. The molecule has 1 unspecified atom stereocenters. The van der Waals surface area contributed by atoms with E-state index < -0.39 is 0 Å². The average Bonchev–Trinajstić information content (AvgIpc) is 2.19. The average molecular weight is 221 g/mol. The van der Waals surface area contributed by atoms with Crippen LogP contribution in [0.2, 0.25) is 0 Å². The van der Waals surface area contributed by atoms with E-state index in [1.807, 2.05) is 25.1 Å². The Morgan fingerprint density at radius 2 is 2.13 bits per heavy atom. The number of nitrogens with one attached hydrogen (secondary N) is 1. The highest BCUT2D eigenvalue weighted by atomic mass is 32.2. The van der Waals surface area contributed by atoms with Crippen molar-refractivity contribution in [3.8, 4) is 0 Å². The summed E-state index contributed by atoms with van der Waals surface area (Å²) in [7, 11) is 0. The molecule has 2 rings (SSSR count). The van der Waals surface area contributed by atoms with Gasteiger partial charge >= 0.3 is 0 Å². The van der Waals surface area contributed by atoms with Gasteiger partial charge in [0.2, 0.25) is 0 Å². The fraction of sp³-hybridized carbons (Fsp3) is 0.417. The highest BCUT2D eigenvalue weighted by Gasteiger charge is 2.29. The number of aryl methyl sites for hydroxylation is 1. The predicted octanol–water partition coefficient (Wildman–Crippen LogP) is 2.81. The molecule has 0 aromatic heterocycles. The van der Waals surface area contributed by atoms with E-state index in [0.29, 0.717) is 5.92 Å². The molecule has 0 fully saturated rings. The van der Waals surface area contributed by atoms with Gasteiger partial charge in [0.15, 0.2) is 5.78 Å². The van der Waals surface area contributed by atoms with Gasteiger partial charge in [0.1, 0.15) is 0 Å². The zero-order valence-electron chi connectivity index (χ0n) is 9.20. The third-order valence-electron chi connectivity index (χ3n) is 2.65. The lowest BCUT2D eigenvalue weighted by molar-refractivity contribution is 0.0926. The fourth-order valence-corrected chi connectivity index (χ4v) is 2.75. The first-order valence-corrected chi connectivity index (χ1v) is 5.98. The number of rotatable bonds is 1. The maximum atomic E-state index is 12.1. The van der Waals surface area contributed by atoms with E-state index >= 15 is 0 Å². The Morgan fingerprint density at radius 3 is 2.80 bits per heavy atom. The second kappa shape index (κ2) is 3.99. The van der Waals surface area contributed by atoms with Gasteiger partial charge in [0, 0.05) is 10.5 Å². The largest absolute Gasteiger partial charge is 0.292 e. The van der Waals surface area contributed by atoms with Gasteiger partial charge in [-0.25, -0.2) is 4.72 Å². The Morgan fingerprint density at radius 1 is 1.40 bits per heavy atom. The number of Topliss-reactive ketones (excluding diaryl/α,β-unsaturated/α-hetero) is 1. The first-order chi connectivity index (χ1) is 7.09. The molecule has 0 aliphatic carbocycles. The number of hydrogen-bond acceptors (Lipinski definition) is 3. The van der Waals surface area contributed by atoms with Crippen LogP contribution in [0.5, 0.6) is 0 Å². The molecule has 3 heteroatoms. The highest BCUT2D eigenvalue weighted by molar-refractivity contribution is 7.97. The molecule has 1 aromatic carbocycles. The molecule has 0 saturated heterocycles. The molecule has 0 spiro atoms. The Kier molecular flexibility index (Phi) is 2.85. The van der Waals surface area contributed by atoms with Crippen LogP contribution >= 0.6 is 11.9 Å². The van der Waals surface area contributed by atoms with Crippen LogP contribution in [0.4, 0.5) is 0 Å². The molecule has 2 nitrogen and oxygen atoms in total. The van der Waals surface area contributed by atoms with Gasteiger partial charge in [0.05, 0.1) is 6.04 Å². The lowest BCUT2D eigenvalue weighted by atomic mass is 9.95. The van der Waals surface area contributed by atoms with Gasteiger partial charge in [-0.3, -0.25) is 4.79 Å². The number of hydrogen-bond donors (Lipinski definition) is 1. The molecule has 1 atom stereocenters. The maximum Gasteiger partial charge on any atom is 0.182 e. The topological polar surface area (TPSA) is 29.1 Å². The van der Waals surface area contributed by atoms with Crippen molar-refractivity contribution in [3.05, 3.63) is 29.3 Å². The maximum absolute atomic E-state index is 12.1. The second-order valence-corrected chi connectivity index (χ2v) is 5.19. The fourth-order valence-electron chi connectivity index (χ4n) is 1.71. The lowest BCUT2D eigenvalue weighted by Gasteiger charge is -2.26. The van der Waals surface area contributed by atoms with Crippen LogP contribution in [-0.2, 0) is 0 Å². The lowest BCUT2D eigenvalue weighted by Crippen LogP contribution is -2.40. The first-order valence-electron chi connectivity index (χ1n) is 5.17. The van der Waals surface area contributed by atoms with Crippen molar-refractivity contribution in [3.63, 3.8) is 0 Å². The van der Waals surface area contributed by atoms with Crippen molar-refractivity contribution in [2.45, 2.75) is 31.7 Å². The van der Waals surface area contributed by atoms with E-state index in [-0.39, 0.29) is 11.8 Å². The van der Waals surface area contributed by atoms with Gasteiger partial charge < -0.3 is 0 Å². The van der Waals surface area contributed by atoms with Crippen molar-refractivity contribution in [1.82, 2.24) is 4.72 Å². The van der Waals surface area contributed by atoms with E-state index in [0.717, 1.165) is 16.0 Å². The summed E-state index contributed by atoms with van der Waals surface area (Å²) < 4.78 is 3.21. The molecule has 1 aliphatic rings. The van der Waals surface area contributed by atoms with Crippen molar-refractivity contribution in [2.24, 2.45) is 5.92 Å². The molecule has 1 heterocycles. The minimum Gasteiger partial charge on any atom is -0.292 e. The molecule has 15 heavy (non-hydrogen) atoms. The zero-order valence-corrected chi connectivity index (χ0v) is 10.0. The number of carbonyl (C=O) groups is 1. The molecular formula is C12H15NOS. The van der Waals surface area contributed by atoms with Gasteiger partial charge in [-0.2, -0.15) is 0 Å². The number of fused-ring (bicyclic) bond motifs is 1. The van der Waals surface area contributed by atoms with E-state index in [1.165, 1.54) is 0 Å². The van der Waals surface area contributed by atoms with Crippen molar-refractivity contribution in [1.29, 1.82) is 0 Å². The number of ketones is 1. The van der Waals surface area contributed by atoms with Crippen LogP contribution in [0.15, 0.2) is 23.1 Å². The van der Waals surface area contributed by atoms with Crippen LogP contribution in [0.3, 0.4) is 0 Å². The number of carbonyl (C=O) groups excluding carboxylic acids is 1. The highest BCUT2D eigenvalue weighted by Crippen LogP contribution is 2.29. The minimum absolute atomic E-state index is 0.0516. The van der Waals surface area contributed by atoms with Crippen LogP contribution in [0.1, 0.15) is 29.8 Å². The summed E-state index contributed by atoms with van der Waals surface area (Å²) in [4.78, 5) is 13.2. The molecule has 1 N–H and O–H groups in total. The molecule has 1 aromatic rings. The smallest absolute Gasteiger partial charge is 0.182 e. The molecule has 0 radical (unpaired) electrons. The molecule has 80 valence electrons. The van der Waals surface area contributed by atoms with Gasteiger partial charge in [-0.15, -0.1) is 0 Å². The van der Waals surface area contributed by atoms with Gasteiger partial charge in [-0.05, 0) is 36.9 Å². The molecule has 0 saturated carbocycles. The molecule has 0 bridgehead atoms.